The number of nitrogens with one attached hydrogen (secondary N) is 1. The van der Waals surface area contributed by atoms with E-state index in [0.717, 1.165) is 54.4 Å². The second kappa shape index (κ2) is 7.34. The molecule has 0 aliphatic heterocycles. The van der Waals surface area contributed by atoms with Gasteiger partial charge in [-0.3, -0.25) is 9.78 Å². The monoisotopic (exact) mass is 406 g/mol. The van der Waals surface area contributed by atoms with Crippen LogP contribution in [0.1, 0.15) is 32.1 Å². The van der Waals surface area contributed by atoms with Gasteiger partial charge in [-0.1, -0.05) is 23.7 Å². The first kappa shape index (κ1) is 18.4. The van der Waals surface area contributed by atoms with Gasteiger partial charge in [0, 0.05) is 28.2 Å². The maximum Gasteiger partial charge on any atom is 0.228 e. The number of halogens is 1. The summed E-state index contributed by atoms with van der Waals surface area (Å²) in [6, 6.07) is 17.3. The highest BCUT2D eigenvalue weighted by Crippen LogP contribution is 2.61. The van der Waals surface area contributed by atoms with Crippen molar-refractivity contribution in [2.75, 3.05) is 5.32 Å². The number of amides is 1. The molecule has 1 atom stereocenters. The molecule has 2 saturated carbocycles. The fourth-order valence-corrected chi connectivity index (χ4v) is 4.80. The number of para-hydroxylation sites is 1. The quantitative estimate of drug-likeness (QED) is 0.590. The molecule has 4 nitrogen and oxygen atoms in total. The highest BCUT2D eigenvalue weighted by atomic mass is 35.5. The van der Waals surface area contributed by atoms with Gasteiger partial charge in [-0.15, -0.1) is 0 Å². The molecule has 3 aromatic rings. The fraction of sp³-hybridized carbons (Fsp3) is 0.333. The molecule has 0 saturated heterocycles. The summed E-state index contributed by atoms with van der Waals surface area (Å²) < 4.78 is 6.34. The first-order valence-electron chi connectivity index (χ1n) is 10.2. The fourth-order valence-electron chi connectivity index (χ4n) is 4.67. The summed E-state index contributed by atoms with van der Waals surface area (Å²) in [5.41, 5.74) is 1.93. The van der Waals surface area contributed by atoms with E-state index in [-0.39, 0.29) is 23.3 Å². The molecule has 0 radical (unpaired) electrons. The molecule has 1 heterocycles. The van der Waals surface area contributed by atoms with Gasteiger partial charge in [0.25, 0.3) is 0 Å². The van der Waals surface area contributed by atoms with Gasteiger partial charge in [-0.05, 0) is 80.0 Å². The van der Waals surface area contributed by atoms with Gasteiger partial charge in [-0.2, -0.15) is 0 Å². The molecule has 5 rings (SSSR count). The van der Waals surface area contributed by atoms with Gasteiger partial charge in [-0.25, -0.2) is 0 Å². The molecule has 1 aromatic heterocycles. The Morgan fingerprint density at radius 2 is 1.83 bits per heavy atom. The standard InChI is InChI=1S/C24H23ClN2O2/c25-16-5-7-17(8-6-16)27-23(28)20-15-24(20)12-9-18(10-13-24)29-22-11-14-26-21-4-2-1-3-19(21)22/h1-8,11,14,18,20H,9-10,12-13,15H2,(H,27,28). The second-order valence-electron chi connectivity index (χ2n) is 8.26. The largest absolute Gasteiger partial charge is 0.490 e. The summed E-state index contributed by atoms with van der Waals surface area (Å²) in [5, 5.41) is 4.77. The van der Waals surface area contributed by atoms with Gasteiger partial charge < -0.3 is 10.1 Å². The summed E-state index contributed by atoms with van der Waals surface area (Å²) in [4.78, 5) is 17.1. The minimum atomic E-state index is 0.112. The van der Waals surface area contributed by atoms with E-state index in [0.29, 0.717) is 5.02 Å². The Kier molecular flexibility index (Phi) is 4.67. The summed E-state index contributed by atoms with van der Waals surface area (Å²) in [6.45, 7) is 0. The van der Waals surface area contributed by atoms with Crippen LogP contribution in [0, 0.1) is 11.3 Å². The van der Waals surface area contributed by atoms with Gasteiger partial charge in [0.15, 0.2) is 0 Å². The van der Waals surface area contributed by atoms with E-state index >= 15 is 0 Å². The number of hydrogen-bond acceptors (Lipinski definition) is 3. The highest BCUT2D eigenvalue weighted by molar-refractivity contribution is 6.30. The van der Waals surface area contributed by atoms with Crippen LogP contribution < -0.4 is 10.1 Å². The Balaban J connectivity index is 1.19. The van der Waals surface area contributed by atoms with Crippen LogP contribution in [0.25, 0.3) is 10.9 Å². The summed E-state index contributed by atoms with van der Waals surface area (Å²) in [5.74, 6) is 1.15. The SMILES string of the molecule is O=C(Nc1ccc(Cl)cc1)C1CC12CCC(Oc1ccnc3ccccc13)CC2. The summed E-state index contributed by atoms with van der Waals surface area (Å²) in [6.07, 6.45) is 7.05. The average Bonchev–Trinajstić information content (AvgIpc) is 3.45. The molecule has 148 valence electrons. The zero-order valence-corrected chi connectivity index (χ0v) is 16.9. The summed E-state index contributed by atoms with van der Waals surface area (Å²) >= 11 is 5.92. The molecular weight excluding hydrogens is 384 g/mol. The van der Waals surface area contributed by atoms with Gasteiger partial charge in [0.2, 0.25) is 5.91 Å². The van der Waals surface area contributed by atoms with Crippen LogP contribution in [-0.2, 0) is 4.79 Å². The number of benzene rings is 2. The predicted octanol–water partition coefficient (Wildman–Crippen LogP) is 5.85. The maximum atomic E-state index is 12.7. The van der Waals surface area contributed by atoms with Gasteiger partial charge >= 0.3 is 0 Å². The third-order valence-electron chi connectivity index (χ3n) is 6.45. The first-order chi connectivity index (χ1) is 14.1. The van der Waals surface area contributed by atoms with Gasteiger partial charge in [0.05, 0.1) is 11.6 Å². The zero-order valence-electron chi connectivity index (χ0n) is 16.1. The Bertz CT molecular complexity index is 1040. The van der Waals surface area contributed by atoms with E-state index in [4.69, 9.17) is 16.3 Å². The lowest BCUT2D eigenvalue weighted by atomic mass is 9.82. The number of nitrogens with zero attached hydrogens (tertiary/aromatic N) is 1. The Morgan fingerprint density at radius 3 is 2.62 bits per heavy atom. The number of pyridine rings is 1. The molecule has 1 unspecified atom stereocenters. The number of rotatable bonds is 4. The van der Waals surface area contributed by atoms with Crippen molar-refractivity contribution in [3.8, 4) is 5.75 Å². The molecule has 1 N–H and O–H groups in total. The van der Waals surface area contributed by atoms with Crippen molar-refractivity contribution in [2.24, 2.45) is 11.3 Å². The number of aromatic nitrogens is 1. The molecule has 5 heteroatoms. The smallest absolute Gasteiger partial charge is 0.228 e. The van der Waals surface area contributed by atoms with Crippen molar-refractivity contribution in [3.63, 3.8) is 0 Å². The third-order valence-corrected chi connectivity index (χ3v) is 6.70. The number of carbonyl (C=O) groups is 1. The lowest BCUT2D eigenvalue weighted by Crippen LogP contribution is -2.28. The third kappa shape index (κ3) is 3.69. The van der Waals surface area contributed by atoms with Crippen LogP contribution in [0.2, 0.25) is 5.02 Å². The van der Waals surface area contributed by atoms with E-state index in [2.05, 4.69) is 16.4 Å². The predicted molar refractivity (Wildman–Crippen MR) is 115 cm³/mol. The highest BCUT2D eigenvalue weighted by Gasteiger charge is 2.58. The minimum Gasteiger partial charge on any atom is -0.490 e. The maximum absolute atomic E-state index is 12.7. The lowest BCUT2D eigenvalue weighted by Gasteiger charge is -2.30. The molecule has 2 fully saturated rings. The van der Waals surface area contributed by atoms with Crippen molar-refractivity contribution >= 4 is 34.1 Å². The van der Waals surface area contributed by atoms with E-state index < -0.39 is 0 Å². The van der Waals surface area contributed by atoms with E-state index in [1.165, 1.54) is 0 Å². The number of anilines is 1. The number of fused-ring (bicyclic) bond motifs is 1. The molecule has 1 amide bonds. The number of hydrogen-bond donors (Lipinski definition) is 1. The Morgan fingerprint density at radius 1 is 1.07 bits per heavy atom. The summed E-state index contributed by atoms with van der Waals surface area (Å²) in [7, 11) is 0. The van der Waals surface area contributed by atoms with Crippen LogP contribution >= 0.6 is 11.6 Å². The average molecular weight is 407 g/mol. The topological polar surface area (TPSA) is 51.2 Å². The van der Waals surface area contributed by atoms with Crippen LogP contribution in [0.3, 0.4) is 0 Å². The van der Waals surface area contributed by atoms with E-state index in [1.54, 1.807) is 18.3 Å². The van der Waals surface area contributed by atoms with Crippen molar-refractivity contribution in [1.29, 1.82) is 0 Å². The molecular formula is C24H23ClN2O2. The van der Waals surface area contributed by atoms with Crippen LogP contribution in [0.5, 0.6) is 5.75 Å². The van der Waals surface area contributed by atoms with Crippen molar-refractivity contribution < 1.29 is 9.53 Å². The van der Waals surface area contributed by atoms with Gasteiger partial charge in [0.1, 0.15) is 5.75 Å². The van der Waals surface area contributed by atoms with Crippen molar-refractivity contribution in [3.05, 3.63) is 65.8 Å². The molecule has 2 aromatic carbocycles. The minimum absolute atomic E-state index is 0.112. The normalized spacial score (nSPS) is 25.7. The van der Waals surface area contributed by atoms with E-state index in [9.17, 15) is 4.79 Å². The second-order valence-corrected chi connectivity index (χ2v) is 8.70. The van der Waals surface area contributed by atoms with Crippen LogP contribution in [0.15, 0.2) is 60.8 Å². The Labute approximate surface area is 175 Å². The zero-order chi connectivity index (χ0) is 19.8. The molecule has 29 heavy (non-hydrogen) atoms. The number of ether oxygens (including phenoxy) is 1. The molecule has 0 bridgehead atoms. The molecule has 1 spiro atoms. The van der Waals surface area contributed by atoms with E-state index in [1.807, 2.05) is 36.4 Å². The lowest BCUT2D eigenvalue weighted by molar-refractivity contribution is -0.118. The van der Waals surface area contributed by atoms with Crippen LogP contribution in [-0.4, -0.2) is 17.0 Å². The van der Waals surface area contributed by atoms with Crippen molar-refractivity contribution in [1.82, 2.24) is 4.98 Å². The molecule has 2 aliphatic carbocycles. The Hall–Kier alpha value is -2.59. The molecule has 2 aliphatic rings. The number of carbonyl (C=O) groups excluding carboxylic acids is 1. The van der Waals surface area contributed by atoms with Crippen LogP contribution in [0.4, 0.5) is 5.69 Å². The first-order valence-corrected chi connectivity index (χ1v) is 10.6. The van der Waals surface area contributed by atoms with Crippen molar-refractivity contribution in [2.45, 2.75) is 38.2 Å².